The van der Waals surface area contributed by atoms with Crippen molar-refractivity contribution in [3.63, 3.8) is 0 Å². The highest BCUT2D eigenvalue weighted by Crippen LogP contribution is 2.30. The van der Waals surface area contributed by atoms with Gasteiger partial charge in [0.2, 0.25) is 15.9 Å². The van der Waals surface area contributed by atoms with Gasteiger partial charge in [-0.3, -0.25) is 4.79 Å². The van der Waals surface area contributed by atoms with Gasteiger partial charge < -0.3 is 10.1 Å². The monoisotopic (exact) mass is 450 g/mol. The summed E-state index contributed by atoms with van der Waals surface area (Å²) in [6, 6.07) is 10.1. The summed E-state index contributed by atoms with van der Waals surface area (Å²) in [4.78, 5) is 13.1. The van der Waals surface area contributed by atoms with E-state index in [-0.39, 0.29) is 22.8 Å². The molecule has 30 heavy (non-hydrogen) atoms. The Kier molecular flexibility index (Phi) is 8.34. The molecule has 0 saturated carbocycles. The Labute approximate surface area is 183 Å². The first-order valence-electron chi connectivity index (χ1n) is 9.78. The number of carbonyl (C=O) groups is 1. The summed E-state index contributed by atoms with van der Waals surface area (Å²) in [7, 11) is -2.19. The molecule has 1 atom stereocenters. The van der Waals surface area contributed by atoms with E-state index in [1.807, 2.05) is 38.3 Å². The summed E-state index contributed by atoms with van der Waals surface area (Å²) >= 11 is 1.45. The first kappa shape index (κ1) is 24.2. The summed E-state index contributed by atoms with van der Waals surface area (Å²) < 4.78 is 34.3. The summed E-state index contributed by atoms with van der Waals surface area (Å²) in [6.07, 6.45) is 2.47. The first-order chi connectivity index (χ1) is 14.1. The van der Waals surface area contributed by atoms with E-state index in [0.717, 1.165) is 21.8 Å². The number of aryl methyl sites for hydroxylation is 1. The van der Waals surface area contributed by atoms with E-state index in [4.69, 9.17) is 4.74 Å². The number of carbonyl (C=O) groups excluding carboxylic acids is 1. The summed E-state index contributed by atoms with van der Waals surface area (Å²) in [5.74, 6) is 0.392. The molecule has 164 valence electrons. The number of benzene rings is 2. The number of sulfonamides is 1. The second-order valence-corrected chi connectivity index (χ2v) is 9.88. The molecule has 0 aliphatic rings. The Hall–Kier alpha value is -2.03. The molecule has 0 fully saturated rings. The third-order valence-electron chi connectivity index (χ3n) is 4.79. The highest BCUT2D eigenvalue weighted by molar-refractivity contribution is 7.98. The van der Waals surface area contributed by atoms with E-state index in [2.05, 4.69) is 10.0 Å². The zero-order valence-electron chi connectivity index (χ0n) is 18.3. The van der Waals surface area contributed by atoms with E-state index < -0.39 is 10.0 Å². The maximum atomic E-state index is 13.1. The molecule has 2 rings (SSSR count). The number of thioether (sulfide) groups is 1. The lowest BCUT2D eigenvalue weighted by Crippen LogP contribution is -2.28. The Bertz CT molecular complexity index is 1000. The molecule has 0 bridgehead atoms. The summed E-state index contributed by atoms with van der Waals surface area (Å²) in [5, 5.41) is 2.83. The molecular formula is C22H30N2O4S2. The third kappa shape index (κ3) is 5.77. The van der Waals surface area contributed by atoms with Crippen molar-refractivity contribution in [1.29, 1.82) is 0 Å². The molecule has 0 aromatic heterocycles. The van der Waals surface area contributed by atoms with Crippen LogP contribution < -0.4 is 14.8 Å². The SMILES string of the molecule is CC[C@@H](NS(=O)(=O)c1ccc(SC)c(NC(=O)C(C)C)c1)c1ccc(OC)c(C)c1. The van der Waals surface area contributed by atoms with E-state index >= 15 is 0 Å². The normalized spacial score (nSPS) is 12.6. The van der Waals surface area contributed by atoms with Gasteiger partial charge in [-0.1, -0.05) is 32.9 Å². The zero-order chi connectivity index (χ0) is 22.5. The van der Waals surface area contributed by atoms with Crippen LogP contribution >= 0.6 is 11.8 Å². The quantitative estimate of drug-likeness (QED) is 0.539. The molecule has 8 heteroatoms. The van der Waals surface area contributed by atoms with Crippen LogP contribution in [-0.4, -0.2) is 27.7 Å². The molecule has 2 N–H and O–H groups in total. The van der Waals surface area contributed by atoms with Gasteiger partial charge in [-0.2, -0.15) is 0 Å². The number of rotatable bonds is 9. The van der Waals surface area contributed by atoms with Gasteiger partial charge in [-0.05, 0) is 55.0 Å². The van der Waals surface area contributed by atoms with Gasteiger partial charge >= 0.3 is 0 Å². The maximum Gasteiger partial charge on any atom is 0.241 e. The zero-order valence-corrected chi connectivity index (χ0v) is 19.9. The van der Waals surface area contributed by atoms with Crippen LogP contribution in [0.3, 0.4) is 0 Å². The fourth-order valence-electron chi connectivity index (χ4n) is 2.99. The van der Waals surface area contributed by atoms with Crippen molar-refractivity contribution in [2.24, 2.45) is 5.92 Å². The van der Waals surface area contributed by atoms with Crippen LogP contribution in [0.5, 0.6) is 5.75 Å². The number of nitrogens with one attached hydrogen (secondary N) is 2. The topological polar surface area (TPSA) is 84.5 Å². The average molecular weight is 451 g/mol. The Morgan fingerprint density at radius 3 is 2.40 bits per heavy atom. The van der Waals surface area contributed by atoms with Crippen molar-refractivity contribution in [2.45, 2.75) is 49.9 Å². The van der Waals surface area contributed by atoms with Gasteiger partial charge in [0, 0.05) is 16.9 Å². The lowest BCUT2D eigenvalue weighted by Gasteiger charge is -2.20. The second-order valence-electron chi connectivity index (χ2n) is 7.32. The smallest absolute Gasteiger partial charge is 0.241 e. The number of ether oxygens (including phenoxy) is 1. The highest BCUT2D eigenvalue weighted by atomic mass is 32.2. The van der Waals surface area contributed by atoms with Crippen LogP contribution in [0.15, 0.2) is 46.2 Å². The van der Waals surface area contributed by atoms with Crippen molar-refractivity contribution in [3.05, 3.63) is 47.5 Å². The Morgan fingerprint density at radius 1 is 1.17 bits per heavy atom. The number of amides is 1. The fourth-order valence-corrected chi connectivity index (χ4v) is 4.86. The van der Waals surface area contributed by atoms with Gasteiger partial charge in [-0.25, -0.2) is 13.1 Å². The Morgan fingerprint density at radius 2 is 1.87 bits per heavy atom. The number of anilines is 1. The minimum atomic E-state index is -3.79. The number of methoxy groups -OCH3 is 1. The van der Waals surface area contributed by atoms with Crippen molar-refractivity contribution in [2.75, 3.05) is 18.7 Å². The van der Waals surface area contributed by atoms with Crippen molar-refractivity contribution < 1.29 is 17.9 Å². The van der Waals surface area contributed by atoms with Gasteiger partial charge in [0.1, 0.15) is 5.75 Å². The van der Waals surface area contributed by atoms with Crippen LogP contribution in [0.25, 0.3) is 0 Å². The maximum absolute atomic E-state index is 13.1. The van der Waals surface area contributed by atoms with Gasteiger partial charge in [-0.15, -0.1) is 11.8 Å². The van der Waals surface area contributed by atoms with Crippen LogP contribution in [0.1, 0.15) is 44.4 Å². The van der Waals surface area contributed by atoms with E-state index in [1.165, 1.54) is 17.8 Å². The average Bonchev–Trinajstić information content (AvgIpc) is 2.71. The van der Waals surface area contributed by atoms with Crippen LogP contribution in [0.4, 0.5) is 5.69 Å². The molecule has 0 aliphatic heterocycles. The molecule has 0 spiro atoms. The van der Waals surface area contributed by atoms with Gasteiger partial charge in [0.25, 0.3) is 0 Å². The van der Waals surface area contributed by atoms with Crippen molar-refractivity contribution in [1.82, 2.24) is 4.72 Å². The third-order valence-corrected chi connectivity index (χ3v) is 7.06. The minimum absolute atomic E-state index is 0.114. The van der Waals surface area contributed by atoms with E-state index in [1.54, 1.807) is 33.1 Å². The molecule has 6 nitrogen and oxygen atoms in total. The number of hydrogen-bond acceptors (Lipinski definition) is 5. The molecule has 2 aromatic carbocycles. The molecule has 0 aliphatic carbocycles. The largest absolute Gasteiger partial charge is 0.496 e. The fraction of sp³-hybridized carbons (Fsp3) is 0.409. The summed E-state index contributed by atoms with van der Waals surface area (Å²) in [5.41, 5.74) is 2.31. The van der Waals surface area contributed by atoms with Gasteiger partial charge in [0.05, 0.1) is 17.7 Å². The lowest BCUT2D eigenvalue weighted by molar-refractivity contribution is -0.118. The van der Waals surface area contributed by atoms with Gasteiger partial charge in [0.15, 0.2) is 0 Å². The standard InChI is InChI=1S/C22H30N2O4S2/c1-7-18(16-8-10-20(28-5)15(4)12-16)24-30(26,27)17-9-11-21(29-6)19(13-17)23-22(25)14(2)3/h8-14,18,24H,7H2,1-6H3,(H,23,25)/t18-/m1/s1. The van der Waals surface area contributed by atoms with E-state index in [0.29, 0.717) is 12.1 Å². The number of hydrogen-bond donors (Lipinski definition) is 2. The minimum Gasteiger partial charge on any atom is -0.496 e. The molecule has 2 aromatic rings. The van der Waals surface area contributed by atoms with Crippen molar-refractivity contribution >= 4 is 33.4 Å². The first-order valence-corrected chi connectivity index (χ1v) is 12.5. The molecular weight excluding hydrogens is 420 g/mol. The predicted molar refractivity (Wildman–Crippen MR) is 123 cm³/mol. The molecule has 1 amide bonds. The Balaban J connectivity index is 2.35. The molecule has 0 radical (unpaired) electrons. The molecule has 0 unspecified atom stereocenters. The van der Waals surface area contributed by atoms with E-state index in [9.17, 15) is 13.2 Å². The molecule has 0 saturated heterocycles. The van der Waals surface area contributed by atoms with Crippen LogP contribution in [0.2, 0.25) is 0 Å². The highest BCUT2D eigenvalue weighted by Gasteiger charge is 2.22. The second kappa shape index (κ2) is 10.3. The van der Waals surface area contributed by atoms with Crippen LogP contribution in [0, 0.1) is 12.8 Å². The molecule has 0 heterocycles. The summed E-state index contributed by atoms with van der Waals surface area (Å²) in [6.45, 7) is 7.43. The van der Waals surface area contributed by atoms with Crippen LogP contribution in [-0.2, 0) is 14.8 Å². The van der Waals surface area contributed by atoms with Crippen molar-refractivity contribution in [3.8, 4) is 5.75 Å². The predicted octanol–water partition coefficient (Wildman–Crippen LogP) is 4.75. The lowest BCUT2D eigenvalue weighted by atomic mass is 10.0.